The van der Waals surface area contributed by atoms with Gasteiger partial charge in [-0.15, -0.1) is 6.58 Å². The van der Waals surface area contributed by atoms with Crippen LogP contribution >= 0.6 is 0 Å². The Morgan fingerprint density at radius 3 is 2.79 bits per heavy atom. The van der Waals surface area contributed by atoms with Crippen LogP contribution in [0.4, 0.5) is 11.6 Å². The van der Waals surface area contributed by atoms with E-state index >= 15 is 0 Å². The first-order valence-electron chi connectivity index (χ1n) is 4.32. The van der Waals surface area contributed by atoms with E-state index in [1.807, 2.05) is 4.90 Å². The minimum absolute atomic E-state index is 0.0455. The third-order valence-corrected chi connectivity index (χ3v) is 1.73. The van der Waals surface area contributed by atoms with Crippen molar-refractivity contribution in [2.24, 2.45) is 0 Å². The number of nitrogen functional groups attached to an aromatic ring is 1. The molecule has 0 aliphatic rings. The Morgan fingerprint density at radius 1 is 1.50 bits per heavy atom. The van der Waals surface area contributed by atoms with Crippen LogP contribution < -0.4 is 10.6 Å². The third-order valence-electron chi connectivity index (χ3n) is 1.73. The topological polar surface area (TPSA) is 75.3 Å². The Labute approximate surface area is 82.9 Å². The van der Waals surface area contributed by atoms with E-state index in [1.54, 1.807) is 12.3 Å². The van der Waals surface area contributed by atoms with E-state index in [4.69, 9.17) is 10.8 Å². The fourth-order valence-corrected chi connectivity index (χ4v) is 1.15. The zero-order chi connectivity index (χ0) is 10.4. The largest absolute Gasteiger partial charge is 0.395 e. The summed E-state index contributed by atoms with van der Waals surface area (Å²) in [6.45, 7) is 4.73. The van der Waals surface area contributed by atoms with E-state index in [9.17, 15) is 0 Å². The Hall–Kier alpha value is -1.62. The van der Waals surface area contributed by atoms with Crippen LogP contribution in [0.5, 0.6) is 0 Å². The van der Waals surface area contributed by atoms with Gasteiger partial charge in [0.15, 0.2) is 11.6 Å². The lowest BCUT2D eigenvalue weighted by Crippen LogP contribution is -2.28. The number of rotatable bonds is 5. The number of hydrogen-bond acceptors (Lipinski definition) is 5. The van der Waals surface area contributed by atoms with Gasteiger partial charge in [-0.1, -0.05) is 6.08 Å². The molecule has 0 fully saturated rings. The van der Waals surface area contributed by atoms with Crippen molar-refractivity contribution in [1.82, 2.24) is 9.97 Å². The number of nitrogens with zero attached hydrogens (tertiary/aromatic N) is 3. The maximum Gasteiger partial charge on any atom is 0.171 e. The normalized spacial score (nSPS) is 9.79. The second kappa shape index (κ2) is 5.18. The summed E-state index contributed by atoms with van der Waals surface area (Å²) >= 11 is 0. The summed E-state index contributed by atoms with van der Waals surface area (Å²) in [5.74, 6) is 0.948. The molecular weight excluding hydrogens is 180 g/mol. The number of aliphatic hydroxyl groups is 1. The fraction of sp³-hybridized carbons (Fsp3) is 0.333. The molecule has 0 radical (unpaired) electrons. The molecule has 0 aliphatic carbocycles. The molecule has 0 unspecified atom stereocenters. The molecule has 0 aromatic carbocycles. The summed E-state index contributed by atoms with van der Waals surface area (Å²) < 4.78 is 0. The van der Waals surface area contributed by atoms with Crippen molar-refractivity contribution in [3.8, 4) is 0 Å². The minimum atomic E-state index is 0.0455. The molecule has 1 aromatic heterocycles. The predicted molar refractivity (Wildman–Crippen MR) is 55.9 cm³/mol. The maximum absolute atomic E-state index is 8.85. The number of aromatic nitrogens is 2. The van der Waals surface area contributed by atoms with Gasteiger partial charge in [-0.05, 0) is 0 Å². The monoisotopic (exact) mass is 194 g/mol. The molecule has 0 spiro atoms. The average molecular weight is 194 g/mol. The van der Waals surface area contributed by atoms with Crippen LogP contribution in [0.25, 0.3) is 0 Å². The molecule has 1 heterocycles. The first-order valence-corrected chi connectivity index (χ1v) is 4.32. The van der Waals surface area contributed by atoms with Crippen molar-refractivity contribution in [3.05, 3.63) is 25.0 Å². The molecule has 5 heteroatoms. The lowest BCUT2D eigenvalue weighted by molar-refractivity contribution is 0.302. The standard InChI is InChI=1S/C9H14N4O/c1-2-5-13(6-7-14)9-8(10)11-3-4-12-9/h2-4,14H,1,5-7H2,(H2,10,11). The van der Waals surface area contributed by atoms with Gasteiger partial charge in [-0.3, -0.25) is 0 Å². The predicted octanol–water partition coefficient (Wildman–Crippen LogP) is 0.0435. The van der Waals surface area contributed by atoms with Crippen LogP contribution in [0.3, 0.4) is 0 Å². The summed E-state index contributed by atoms with van der Waals surface area (Å²) in [5.41, 5.74) is 5.65. The van der Waals surface area contributed by atoms with Crippen LogP contribution in [0, 0.1) is 0 Å². The number of nitrogens with two attached hydrogens (primary N) is 1. The van der Waals surface area contributed by atoms with Gasteiger partial charge in [0, 0.05) is 25.5 Å². The highest BCUT2D eigenvalue weighted by atomic mass is 16.3. The summed E-state index contributed by atoms with van der Waals surface area (Å²) in [5, 5.41) is 8.85. The van der Waals surface area contributed by atoms with Gasteiger partial charge in [0.25, 0.3) is 0 Å². The van der Waals surface area contributed by atoms with Crippen LogP contribution in [0.2, 0.25) is 0 Å². The van der Waals surface area contributed by atoms with E-state index in [2.05, 4.69) is 16.5 Å². The van der Waals surface area contributed by atoms with Crippen molar-refractivity contribution in [2.75, 3.05) is 30.3 Å². The molecular formula is C9H14N4O. The van der Waals surface area contributed by atoms with Gasteiger partial charge < -0.3 is 15.7 Å². The van der Waals surface area contributed by atoms with Gasteiger partial charge in [0.2, 0.25) is 0 Å². The average Bonchev–Trinajstić information content (AvgIpc) is 2.18. The molecule has 5 nitrogen and oxygen atoms in total. The summed E-state index contributed by atoms with van der Waals surface area (Å²) in [6, 6.07) is 0. The van der Waals surface area contributed by atoms with E-state index in [0.717, 1.165) is 0 Å². The first kappa shape index (κ1) is 10.5. The molecule has 14 heavy (non-hydrogen) atoms. The van der Waals surface area contributed by atoms with E-state index in [1.165, 1.54) is 6.20 Å². The Morgan fingerprint density at radius 2 is 2.21 bits per heavy atom. The van der Waals surface area contributed by atoms with Crippen molar-refractivity contribution >= 4 is 11.6 Å². The first-order chi connectivity index (χ1) is 6.79. The van der Waals surface area contributed by atoms with E-state index < -0.39 is 0 Å². The lowest BCUT2D eigenvalue weighted by atomic mass is 10.4. The Kier molecular flexibility index (Phi) is 3.87. The van der Waals surface area contributed by atoms with Gasteiger partial charge in [0.05, 0.1) is 6.61 Å². The van der Waals surface area contributed by atoms with Gasteiger partial charge in [0.1, 0.15) is 0 Å². The second-order valence-corrected chi connectivity index (χ2v) is 2.72. The number of anilines is 2. The highest BCUT2D eigenvalue weighted by Gasteiger charge is 2.09. The molecule has 3 N–H and O–H groups in total. The highest BCUT2D eigenvalue weighted by Crippen LogP contribution is 2.15. The molecule has 0 aliphatic heterocycles. The third kappa shape index (κ3) is 2.43. The van der Waals surface area contributed by atoms with Crippen molar-refractivity contribution in [2.45, 2.75) is 0 Å². The summed E-state index contributed by atoms with van der Waals surface area (Å²) in [6.07, 6.45) is 4.83. The molecule has 76 valence electrons. The van der Waals surface area contributed by atoms with Crippen LogP contribution in [0.1, 0.15) is 0 Å². The Bertz CT molecular complexity index is 303. The second-order valence-electron chi connectivity index (χ2n) is 2.72. The lowest BCUT2D eigenvalue weighted by Gasteiger charge is -2.21. The van der Waals surface area contributed by atoms with Crippen LogP contribution in [0.15, 0.2) is 25.0 Å². The quantitative estimate of drug-likeness (QED) is 0.647. The molecule has 0 saturated carbocycles. The summed E-state index contributed by atoms with van der Waals surface area (Å²) in [4.78, 5) is 9.83. The fourth-order valence-electron chi connectivity index (χ4n) is 1.15. The zero-order valence-electron chi connectivity index (χ0n) is 7.93. The number of hydrogen-bond donors (Lipinski definition) is 2. The SMILES string of the molecule is C=CCN(CCO)c1nccnc1N. The van der Waals surface area contributed by atoms with Gasteiger partial charge in [-0.2, -0.15) is 0 Å². The van der Waals surface area contributed by atoms with Gasteiger partial charge >= 0.3 is 0 Å². The molecule has 0 atom stereocenters. The highest BCUT2D eigenvalue weighted by molar-refractivity contribution is 5.57. The van der Waals surface area contributed by atoms with Crippen molar-refractivity contribution in [1.29, 1.82) is 0 Å². The Balaban J connectivity index is 2.86. The molecule has 1 rings (SSSR count). The van der Waals surface area contributed by atoms with Crippen molar-refractivity contribution < 1.29 is 5.11 Å². The maximum atomic E-state index is 8.85. The van der Waals surface area contributed by atoms with E-state index in [0.29, 0.717) is 24.7 Å². The van der Waals surface area contributed by atoms with E-state index in [-0.39, 0.29) is 6.61 Å². The summed E-state index contributed by atoms with van der Waals surface area (Å²) in [7, 11) is 0. The van der Waals surface area contributed by atoms with Crippen LogP contribution in [-0.2, 0) is 0 Å². The number of aliphatic hydroxyl groups excluding tert-OH is 1. The molecule has 1 aromatic rings. The van der Waals surface area contributed by atoms with Crippen LogP contribution in [-0.4, -0.2) is 34.8 Å². The van der Waals surface area contributed by atoms with Gasteiger partial charge in [-0.25, -0.2) is 9.97 Å². The molecule has 0 amide bonds. The zero-order valence-corrected chi connectivity index (χ0v) is 7.93. The minimum Gasteiger partial charge on any atom is -0.395 e. The van der Waals surface area contributed by atoms with Crippen molar-refractivity contribution in [3.63, 3.8) is 0 Å². The molecule has 0 saturated heterocycles. The molecule has 0 bridgehead atoms. The smallest absolute Gasteiger partial charge is 0.171 e.